The molecule has 3 fully saturated rings. The SMILES string of the molecule is O=C(CN1C(=O)CC2(CCCC2)C1=O)Nc1nnc([C@H]2CCCO2)s1. The van der Waals surface area contributed by atoms with Crippen LogP contribution in [0.2, 0.25) is 0 Å². The van der Waals surface area contributed by atoms with Crippen molar-refractivity contribution in [2.75, 3.05) is 18.5 Å². The number of anilines is 1. The van der Waals surface area contributed by atoms with E-state index in [0.29, 0.717) is 11.7 Å². The van der Waals surface area contributed by atoms with E-state index >= 15 is 0 Å². The normalized spacial score (nSPS) is 25.3. The second-order valence-corrected chi connectivity index (χ2v) is 7.95. The molecule has 2 aliphatic heterocycles. The molecule has 4 rings (SSSR count). The van der Waals surface area contributed by atoms with E-state index < -0.39 is 11.3 Å². The number of hydrogen-bond acceptors (Lipinski definition) is 7. The van der Waals surface area contributed by atoms with Gasteiger partial charge in [-0.15, -0.1) is 10.2 Å². The summed E-state index contributed by atoms with van der Waals surface area (Å²) in [6.45, 7) is 0.459. The average Bonchev–Trinajstić information content (AvgIpc) is 3.34. The van der Waals surface area contributed by atoms with Crippen molar-refractivity contribution < 1.29 is 19.1 Å². The van der Waals surface area contributed by atoms with Crippen molar-refractivity contribution >= 4 is 34.2 Å². The van der Waals surface area contributed by atoms with Gasteiger partial charge in [-0.2, -0.15) is 0 Å². The first-order valence-electron chi connectivity index (χ1n) is 8.67. The van der Waals surface area contributed by atoms with Crippen LogP contribution >= 0.6 is 11.3 Å². The zero-order valence-corrected chi connectivity index (χ0v) is 14.6. The molecule has 25 heavy (non-hydrogen) atoms. The predicted octanol–water partition coefficient (Wildman–Crippen LogP) is 1.65. The number of hydrogen-bond donors (Lipinski definition) is 1. The molecule has 0 radical (unpaired) electrons. The number of nitrogens with zero attached hydrogens (tertiary/aromatic N) is 3. The Morgan fingerprint density at radius 2 is 2.08 bits per heavy atom. The third-order valence-electron chi connectivity index (χ3n) is 5.24. The Labute approximate surface area is 148 Å². The smallest absolute Gasteiger partial charge is 0.246 e. The zero-order valence-electron chi connectivity index (χ0n) is 13.8. The van der Waals surface area contributed by atoms with Crippen LogP contribution in [-0.4, -0.2) is 46.0 Å². The summed E-state index contributed by atoms with van der Waals surface area (Å²) >= 11 is 1.27. The highest BCUT2D eigenvalue weighted by Gasteiger charge is 2.52. The van der Waals surface area contributed by atoms with E-state index in [1.165, 1.54) is 11.3 Å². The lowest BCUT2D eigenvalue weighted by Crippen LogP contribution is -2.39. The number of aromatic nitrogens is 2. The summed E-state index contributed by atoms with van der Waals surface area (Å²) in [5, 5.41) is 11.7. The lowest BCUT2D eigenvalue weighted by Gasteiger charge is -2.20. The molecular weight excluding hydrogens is 344 g/mol. The second-order valence-electron chi connectivity index (χ2n) is 6.94. The van der Waals surface area contributed by atoms with Crippen LogP contribution in [0.5, 0.6) is 0 Å². The molecule has 3 aliphatic rings. The Hall–Kier alpha value is -1.87. The van der Waals surface area contributed by atoms with Crippen molar-refractivity contribution in [1.82, 2.24) is 15.1 Å². The molecular formula is C16H20N4O4S. The van der Waals surface area contributed by atoms with E-state index in [-0.39, 0.29) is 30.9 Å². The minimum Gasteiger partial charge on any atom is -0.371 e. The van der Waals surface area contributed by atoms with E-state index in [1.54, 1.807) is 0 Å². The van der Waals surface area contributed by atoms with Crippen LogP contribution in [0.4, 0.5) is 5.13 Å². The molecule has 2 saturated heterocycles. The van der Waals surface area contributed by atoms with Gasteiger partial charge in [-0.05, 0) is 25.7 Å². The van der Waals surface area contributed by atoms with Crippen LogP contribution in [0.1, 0.15) is 56.1 Å². The summed E-state index contributed by atoms with van der Waals surface area (Å²) < 4.78 is 5.54. The fourth-order valence-electron chi connectivity index (χ4n) is 3.95. The van der Waals surface area contributed by atoms with Gasteiger partial charge in [-0.25, -0.2) is 0 Å². The Kier molecular flexibility index (Phi) is 4.28. The average molecular weight is 364 g/mol. The number of likely N-dealkylation sites (tertiary alicyclic amines) is 1. The van der Waals surface area contributed by atoms with E-state index in [2.05, 4.69) is 15.5 Å². The maximum atomic E-state index is 12.6. The van der Waals surface area contributed by atoms with Crippen molar-refractivity contribution in [3.05, 3.63) is 5.01 Å². The topological polar surface area (TPSA) is 101 Å². The summed E-state index contributed by atoms with van der Waals surface area (Å²) in [5.41, 5.74) is -0.549. The van der Waals surface area contributed by atoms with Gasteiger partial charge in [0.1, 0.15) is 17.7 Å². The minimum absolute atomic E-state index is 0.0490. The van der Waals surface area contributed by atoms with Crippen LogP contribution < -0.4 is 5.32 Å². The highest BCUT2D eigenvalue weighted by atomic mass is 32.1. The standard InChI is InChI=1S/C16H20N4O4S/c21-11(17-15-19-18-13(25-15)10-4-3-7-24-10)9-20-12(22)8-16(14(20)23)5-1-2-6-16/h10H,1-9H2,(H,17,19,21)/t10-/m1/s1. The molecule has 1 aromatic rings. The van der Waals surface area contributed by atoms with Gasteiger partial charge in [0.05, 0.1) is 5.41 Å². The Morgan fingerprint density at radius 1 is 1.28 bits per heavy atom. The lowest BCUT2D eigenvalue weighted by molar-refractivity contribution is -0.143. The molecule has 3 heterocycles. The number of nitrogens with one attached hydrogen (secondary N) is 1. The molecule has 1 saturated carbocycles. The van der Waals surface area contributed by atoms with Crippen molar-refractivity contribution in [1.29, 1.82) is 0 Å². The van der Waals surface area contributed by atoms with Crippen LogP contribution in [0, 0.1) is 5.41 Å². The molecule has 0 unspecified atom stereocenters. The van der Waals surface area contributed by atoms with Gasteiger partial charge in [0, 0.05) is 13.0 Å². The largest absolute Gasteiger partial charge is 0.371 e. The first-order valence-corrected chi connectivity index (χ1v) is 9.49. The summed E-state index contributed by atoms with van der Waals surface area (Å²) in [6, 6.07) is 0. The molecule has 0 bridgehead atoms. The Morgan fingerprint density at radius 3 is 2.80 bits per heavy atom. The van der Waals surface area contributed by atoms with E-state index in [0.717, 1.165) is 48.4 Å². The number of ether oxygens (including phenoxy) is 1. The number of amides is 3. The third-order valence-corrected chi connectivity index (χ3v) is 6.17. The van der Waals surface area contributed by atoms with Crippen LogP contribution in [0.25, 0.3) is 0 Å². The zero-order chi connectivity index (χ0) is 17.4. The molecule has 1 aliphatic carbocycles. The quantitative estimate of drug-likeness (QED) is 0.815. The molecule has 1 atom stereocenters. The van der Waals surface area contributed by atoms with Gasteiger partial charge in [0.25, 0.3) is 0 Å². The van der Waals surface area contributed by atoms with Gasteiger partial charge >= 0.3 is 0 Å². The van der Waals surface area contributed by atoms with Crippen LogP contribution in [-0.2, 0) is 19.1 Å². The van der Waals surface area contributed by atoms with Gasteiger partial charge < -0.3 is 4.74 Å². The van der Waals surface area contributed by atoms with Gasteiger partial charge in [-0.1, -0.05) is 24.2 Å². The highest BCUT2D eigenvalue weighted by Crippen LogP contribution is 2.46. The lowest BCUT2D eigenvalue weighted by atomic mass is 9.84. The molecule has 1 aromatic heterocycles. The van der Waals surface area contributed by atoms with Crippen molar-refractivity contribution in [2.45, 2.75) is 51.0 Å². The number of rotatable bonds is 4. The van der Waals surface area contributed by atoms with Crippen molar-refractivity contribution in [3.63, 3.8) is 0 Å². The molecule has 0 aromatic carbocycles. The first kappa shape index (κ1) is 16.6. The van der Waals surface area contributed by atoms with Gasteiger partial charge in [-0.3, -0.25) is 24.6 Å². The van der Waals surface area contributed by atoms with Gasteiger partial charge in [0.2, 0.25) is 22.9 Å². The monoisotopic (exact) mass is 364 g/mol. The van der Waals surface area contributed by atoms with E-state index in [1.807, 2.05) is 0 Å². The Bertz CT molecular complexity index is 707. The third kappa shape index (κ3) is 3.06. The molecule has 134 valence electrons. The van der Waals surface area contributed by atoms with Crippen molar-refractivity contribution in [3.8, 4) is 0 Å². The van der Waals surface area contributed by atoms with Gasteiger partial charge in [0.15, 0.2) is 0 Å². The van der Waals surface area contributed by atoms with E-state index in [4.69, 9.17) is 4.74 Å². The summed E-state index contributed by atoms with van der Waals surface area (Å²) in [5.74, 6) is -0.867. The number of carbonyl (C=O) groups is 3. The molecule has 1 N–H and O–H groups in total. The highest BCUT2D eigenvalue weighted by molar-refractivity contribution is 7.15. The van der Waals surface area contributed by atoms with Crippen molar-refractivity contribution in [2.24, 2.45) is 5.41 Å². The minimum atomic E-state index is -0.549. The Balaban J connectivity index is 1.37. The second kappa shape index (κ2) is 6.45. The number of imide groups is 1. The first-order chi connectivity index (χ1) is 12.1. The summed E-state index contributed by atoms with van der Waals surface area (Å²) in [7, 11) is 0. The maximum absolute atomic E-state index is 12.6. The molecule has 8 nitrogen and oxygen atoms in total. The summed E-state index contributed by atoms with van der Waals surface area (Å²) in [4.78, 5) is 38.1. The molecule has 9 heteroatoms. The fourth-order valence-corrected chi connectivity index (χ4v) is 4.80. The fraction of sp³-hybridized carbons (Fsp3) is 0.688. The number of carbonyl (C=O) groups excluding carboxylic acids is 3. The van der Waals surface area contributed by atoms with Crippen LogP contribution in [0.15, 0.2) is 0 Å². The van der Waals surface area contributed by atoms with Crippen LogP contribution in [0.3, 0.4) is 0 Å². The summed E-state index contributed by atoms with van der Waals surface area (Å²) in [6.07, 6.45) is 5.52. The predicted molar refractivity (Wildman–Crippen MR) is 88.7 cm³/mol. The maximum Gasteiger partial charge on any atom is 0.246 e. The molecule has 1 spiro atoms. The van der Waals surface area contributed by atoms with E-state index in [9.17, 15) is 14.4 Å². The molecule has 3 amide bonds.